The van der Waals surface area contributed by atoms with Crippen molar-refractivity contribution in [1.82, 2.24) is 9.88 Å². The monoisotopic (exact) mass is 288 g/mol. The molecule has 1 aliphatic carbocycles. The quantitative estimate of drug-likeness (QED) is 0.925. The first-order valence-electron chi connectivity index (χ1n) is 7.40. The molecule has 3 rings (SSSR count). The van der Waals surface area contributed by atoms with E-state index in [0.29, 0.717) is 18.0 Å². The molecule has 0 radical (unpaired) electrons. The van der Waals surface area contributed by atoms with E-state index in [1.54, 1.807) is 24.1 Å². The number of carboxylic acids is 1. The molecule has 2 fully saturated rings. The minimum atomic E-state index is -0.859. The van der Waals surface area contributed by atoms with Crippen LogP contribution >= 0.6 is 0 Å². The van der Waals surface area contributed by atoms with E-state index in [-0.39, 0.29) is 18.4 Å². The Balaban J connectivity index is 1.80. The highest BCUT2D eigenvalue weighted by Gasteiger charge is 2.48. The SMILES string of the molecule is C[C@@H]1CN(C(=O)c2ccnc(C3CC3)c2)C[C@@]1(C)C(=O)O. The first-order valence-corrected chi connectivity index (χ1v) is 7.40. The number of carbonyl (C=O) groups excluding carboxylic acids is 1. The van der Waals surface area contributed by atoms with Crippen molar-refractivity contribution >= 4 is 11.9 Å². The lowest BCUT2D eigenvalue weighted by atomic mass is 9.81. The van der Waals surface area contributed by atoms with Crippen molar-refractivity contribution < 1.29 is 14.7 Å². The Morgan fingerprint density at radius 1 is 1.43 bits per heavy atom. The summed E-state index contributed by atoms with van der Waals surface area (Å²) < 4.78 is 0. The lowest BCUT2D eigenvalue weighted by Gasteiger charge is -2.22. The van der Waals surface area contributed by atoms with Crippen LogP contribution in [0.5, 0.6) is 0 Å². The fourth-order valence-corrected chi connectivity index (χ4v) is 2.95. The van der Waals surface area contributed by atoms with Crippen molar-refractivity contribution in [2.45, 2.75) is 32.6 Å². The maximum atomic E-state index is 12.6. The number of aromatic nitrogens is 1. The molecule has 1 saturated carbocycles. The van der Waals surface area contributed by atoms with Crippen molar-refractivity contribution in [3.63, 3.8) is 0 Å². The third kappa shape index (κ3) is 2.41. The van der Waals surface area contributed by atoms with E-state index in [4.69, 9.17) is 0 Å². The number of aliphatic carboxylic acids is 1. The summed E-state index contributed by atoms with van der Waals surface area (Å²) in [6.07, 6.45) is 3.96. The number of carboxylic acid groups (broad SMARTS) is 1. The second-order valence-electron chi connectivity index (χ2n) is 6.55. The summed E-state index contributed by atoms with van der Waals surface area (Å²) in [7, 11) is 0. The van der Waals surface area contributed by atoms with Gasteiger partial charge in [0.15, 0.2) is 0 Å². The summed E-state index contributed by atoms with van der Waals surface area (Å²) in [5, 5.41) is 9.39. The smallest absolute Gasteiger partial charge is 0.311 e. The minimum Gasteiger partial charge on any atom is -0.481 e. The van der Waals surface area contributed by atoms with Gasteiger partial charge in [-0.05, 0) is 37.8 Å². The molecule has 21 heavy (non-hydrogen) atoms. The van der Waals surface area contributed by atoms with E-state index in [1.807, 2.05) is 13.0 Å². The van der Waals surface area contributed by atoms with Crippen LogP contribution in [0.3, 0.4) is 0 Å². The largest absolute Gasteiger partial charge is 0.481 e. The number of likely N-dealkylation sites (tertiary alicyclic amines) is 1. The number of carbonyl (C=O) groups is 2. The van der Waals surface area contributed by atoms with E-state index in [1.165, 1.54) is 0 Å². The predicted molar refractivity (Wildman–Crippen MR) is 77.0 cm³/mol. The van der Waals surface area contributed by atoms with Gasteiger partial charge in [-0.1, -0.05) is 6.92 Å². The van der Waals surface area contributed by atoms with E-state index in [0.717, 1.165) is 18.5 Å². The highest BCUT2D eigenvalue weighted by molar-refractivity contribution is 5.95. The van der Waals surface area contributed by atoms with Gasteiger partial charge in [0.25, 0.3) is 5.91 Å². The fraction of sp³-hybridized carbons (Fsp3) is 0.562. The average Bonchev–Trinajstić information content (AvgIpc) is 3.25. The number of rotatable bonds is 3. The Labute approximate surface area is 124 Å². The molecule has 2 atom stereocenters. The van der Waals surface area contributed by atoms with Crippen molar-refractivity contribution in [1.29, 1.82) is 0 Å². The predicted octanol–water partition coefficient (Wildman–Crippen LogP) is 2.14. The Bertz CT molecular complexity index is 597. The van der Waals surface area contributed by atoms with Gasteiger partial charge in [0.05, 0.1) is 5.41 Å². The molecule has 1 aromatic heterocycles. The molecule has 1 saturated heterocycles. The highest BCUT2D eigenvalue weighted by atomic mass is 16.4. The molecule has 0 bridgehead atoms. The average molecular weight is 288 g/mol. The summed E-state index contributed by atoms with van der Waals surface area (Å²) in [6.45, 7) is 4.37. The topological polar surface area (TPSA) is 70.5 Å². The second kappa shape index (κ2) is 4.83. The van der Waals surface area contributed by atoms with Crippen molar-refractivity contribution in [2.75, 3.05) is 13.1 Å². The first-order chi connectivity index (χ1) is 9.91. The van der Waals surface area contributed by atoms with Crippen LogP contribution in [0.25, 0.3) is 0 Å². The van der Waals surface area contributed by atoms with Crippen LogP contribution in [-0.4, -0.2) is 40.0 Å². The maximum absolute atomic E-state index is 12.6. The van der Waals surface area contributed by atoms with Crippen LogP contribution in [0.4, 0.5) is 0 Å². The second-order valence-corrected chi connectivity index (χ2v) is 6.55. The molecule has 112 valence electrons. The fourth-order valence-electron chi connectivity index (χ4n) is 2.95. The van der Waals surface area contributed by atoms with Gasteiger partial charge in [0, 0.05) is 36.5 Å². The van der Waals surface area contributed by atoms with Gasteiger partial charge in [-0.2, -0.15) is 0 Å². The molecule has 0 spiro atoms. The van der Waals surface area contributed by atoms with Crippen LogP contribution in [0.2, 0.25) is 0 Å². The lowest BCUT2D eigenvalue weighted by Crippen LogP contribution is -2.36. The number of nitrogens with zero attached hydrogens (tertiary/aromatic N) is 2. The lowest BCUT2D eigenvalue weighted by molar-refractivity contribution is -0.148. The minimum absolute atomic E-state index is 0.0521. The highest BCUT2D eigenvalue weighted by Crippen LogP contribution is 2.39. The van der Waals surface area contributed by atoms with E-state index in [9.17, 15) is 14.7 Å². The third-order valence-corrected chi connectivity index (χ3v) is 4.90. The van der Waals surface area contributed by atoms with Crippen molar-refractivity contribution in [3.8, 4) is 0 Å². The van der Waals surface area contributed by atoms with Gasteiger partial charge in [-0.25, -0.2) is 0 Å². The molecule has 1 aromatic rings. The zero-order valence-corrected chi connectivity index (χ0v) is 12.4. The van der Waals surface area contributed by atoms with Crippen LogP contribution in [-0.2, 0) is 4.79 Å². The molecular formula is C16H20N2O3. The summed E-state index contributed by atoms with van der Waals surface area (Å²) in [5.74, 6) is -0.474. The molecule has 5 nitrogen and oxygen atoms in total. The Hall–Kier alpha value is -1.91. The van der Waals surface area contributed by atoms with Crippen LogP contribution in [0.15, 0.2) is 18.3 Å². The van der Waals surface area contributed by atoms with Crippen molar-refractivity contribution in [3.05, 3.63) is 29.6 Å². The van der Waals surface area contributed by atoms with E-state index >= 15 is 0 Å². The standard InChI is InChI=1S/C16H20N2O3/c1-10-8-18(9-16(10,2)15(20)21)14(19)12-5-6-17-13(7-12)11-3-4-11/h5-7,10-11H,3-4,8-9H2,1-2H3,(H,20,21)/t10-,16-/m1/s1. The zero-order valence-electron chi connectivity index (χ0n) is 12.4. The van der Waals surface area contributed by atoms with Crippen molar-refractivity contribution in [2.24, 2.45) is 11.3 Å². The molecule has 2 heterocycles. The molecule has 1 aliphatic heterocycles. The molecule has 0 unspecified atom stereocenters. The summed E-state index contributed by atoms with van der Waals surface area (Å²) in [6, 6.07) is 3.58. The zero-order chi connectivity index (χ0) is 15.2. The number of hydrogen-bond acceptors (Lipinski definition) is 3. The molecule has 0 aromatic carbocycles. The van der Waals surface area contributed by atoms with Crippen LogP contribution < -0.4 is 0 Å². The van der Waals surface area contributed by atoms with Gasteiger partial charge >= 0.3 is 5.97 Å². The molecule has 5 heteroatoms. The van der Waals surface area contributed by atoms with E-state index < -0.39 is 11.4 Å². The van der Waals surface area contributed by atoms with Gasteiger partial charge in [-0.3, -0.25) is 14.6 Å². The first kappa shape index (κ1) is 14.0. The number of hydrogen-bond donors (Lipinski definition) is 1. The Morgan fingerprint density at radius 3 is 2.71 bits per heavy atom. The van der Waals surface area contributed by atoms with Gasteiger partial charge in [0.1, 0.15) is 0 Å². The van der Waals surface area contributed by atoms with E-state index in [2.05, 4.69) is 4.98 Å². The summed E-state index contributed by atoms with van der Waals surface area (Å²) in [4.78, 5) is 30.0. The van der Waals surface area contributed by atoms with Crippen LogP contribution in [0, 0.1) is 11.3 Å². The molecule has 1 N–H and O–H groups in total. The maximum Gasteiger partial charge on any atom is 0.311 e. The number of amides is 1. The Morgan fingerprint density at radius 2 is 2.14 bits per heavy atom. The summed E-state index contributed by atoms with van der Waals surface area (Å²) in [5.41, 5.74) is 0.741. The van der Waals surface area contributed by atoms with Gasteiger partial charge in [0.2, 0.25) is 0 Å². The van der Waals surface area contributed by atoms with Gasteiger partial charge in [-0.15, -0.1) is 0 Å². The Kier molecular flexibility index (Phi) is 3.23. The number of pyridine rings is 1. The molecular weight excluding hydrogens is 268 g/mol. The van der Waals surface area contributed by atoms with Crippen LogP contribution in [0.1, 0.15) is 48.7 Å². The normalized spacial score (nSPS) is 28.7. The van der Waals surface area contributed by atoms with Gasteiger partial charge < -0.3 is 10.0 Å². The molecule has 2 aliphatic rings. The molecule has 1 amide bonds. The summed E-state index contributed by atoms with van der Waals surface area (Å²) >= 11 is 0. The third-order valence-electron chi connectivity index (χ3n) is 4.90.